The minimum absolute atomic E-state index is 0.285. The molecule has 5 nitrogen and oxygen atoms in total. The number of benzene rings is 1. The highest BCUT2D eigenvalue weighted by Gasteiger charge is 2.14. The van der Waals surface area contributed by atoms with Crippen molar-refractivity contribution in [1.82, 2.24) is 5.32 Å². The van der Waals surface area contributed by atoms with E-state index in [2.05, 4.69) is 11.4 Å². The number of hydrogen-bond donors (Lipinski definition) is 2. The summed E-state index contributed by atoms with van der Waals surface area (Å²) in [6, 6.07) is 7.79. The van der Waals surface area contributed by atoms with Gasteiger partial charge in [-0.2, -0.15) is 5.26 Å². The van der Waals surface area contributed by atoms with Crippen LogP contribution in [0.1, 0.15) is 10.4 Å². The summed E-state index contributed by atoms with van der Waals surface area (Å²) in [6.45, 7) is 0.285. The molecule has 0 aliphatic rings. The number of hydrogen-bond acceptors (Lipinski definition) is 4. The maximum absolute atomic E-state index is 10.5. The van der Waals surface area contributed by atoms with Crippen LogP contribution in [0.4, 0.5) is 4.79 Å². The first-order valence-corrected chi connectivity index (χ1v) is 6.44. The number of carbonyl (C=O) groups is 1. The minimum atomic E-state index is -1.06. The van der Waals surface area contributed by atoms with Gasteiger partial charge in [0.1, 0.15) is 16.7 Å². The molecule has 0 aliphatic carbocycles. The molecule has 1 aromatic heterocycles. The van der Waals surface area contributed by atoms with Crippen molar-refractivity contribution in [1.29, 1.82) is 5.26 Å². The summed E-state index contributed by atoms with van der Waals surface area (Å²) < 4.78 is 6.20. The van der Waals surface area contributed by atoms with Crippen LogP contribution in [-0.4, -0.2) is 24.9 Å². The first-order valence-electron chi connectivity index (χ1n) is 5.62. The number of fused-ring (bicyclic) bond motifs is 1. The summed E-state index contributed by atoms with van der Waals surface area (Å²) in [5.41, 5.74) is 0.871. The third-order valence-electron chi connectivity index (χ3n) is 2.75. The molecule has 0 bridgehead atoms. The molecular weight excluding hydrogens is 264 g/mol. The van der Waals surface area contributed by atoms with Crippen molar-refractivity contribution in [3.8, 4) is 11.8 Å². The number of amides is 1. The van der Waals surface area contributed by atoms with Gasteiger partial charge in [0.25, 0.3) is 0 Å². The predicted molar refractivity (Wildman–Crippen MR) is 72.8 cm³/mol. The number of thiophene rings is 1. The minimum Gasteiger partial charge on any atom is -0.495 e. The Morgan fingerprint density at radius 3 is 3.00 bits per heavy atom. The molecule has 1 amide bonds. The third kappa shape index (κ3) is 2.61. The number of methoxy groups -OCH3 is 1. The maximum atomic E-state index is 10.5. The zero-order chi connectivity index (χ0) is 13.8. The SMILES string of the molecule is COc1cccc2c(CCNC(=O)O)c(C#N)sc12. The van der Waals surface area contributed by atoms with Crippen LogP contribution in [0.15, 0.2) is 18.2 Å². The molecule has 1 aromatic carbocycles. The lowest BCUT2D eigenvalue weighted by Crippen LogP contribution is -2.23. The highest BCUT2D eigenvalue weighted by atomic mass is 32.1. The monoisotopic (exact) mass is 276 g/mol. The smallest absolute Gasteiger partial charge is 0.404 e. The van der Waals surface area contributed by atoms with E-state index in [0.29, 0.717) is 11.3 Å². The summed E-state index contributed by atoms with van der Waals surface area (Å²) >= 11 is 1.37. The highest BCUT2D eigenvalue weighted by molar-refractivity contribution is 7.20. The molecule has 0 fully saturated rings. The summed E-state index contributed by atoms with van der Waals surface area (Å²) in [5.74, 6) is 0.733. The summed E-state index contributed by atoms with van der Waals surface area (Å²) in [4.78, 5) is 11.1. The van der Waals surface area contributed by atoms with Crippen molar-refractivity contribution >= 4 is 27.5 Å². The highest BCUT2D eigenvalue weighted by Crippen LogP contribution is 2.37. The van der Waals surface area contributed by atoms with E-state index >= 15 is 0 Å². The van der Waals surface area contributed by atoms with E-state index in [9.17, 15) is 10.1 Å². The average Bonchev–Trinajstić information content (AvgIpc) is 2.76. The second-order valence-corrected chi connectivity index (χ2v) is 4.86. The van der Waals surface area contributed by atoms with Gasteiger partial charge in [0, 0.05) is 11.9 Å². The van der Waals surface area contributed by atoms with Crippen LogP contribution in [0.25, 0.3) is 10.1 Å². The zero-order valence-corrected chi connectivity index (χ0v) is 11.1. The van der Waals surface area contributed by atoms with Crippen LogP contribution < -0.4 is 10.1 Å². The van der Waals surface area contributed by atoms with Crippen molar-refractivity contribution in [2.24, 2.45) is 0 Å². The van der Waals surface area contributed by atoms with E-state index in [1.54, 1.807) is 7.11 Å². The molecule has 1 heterocycles. The predicted octanol–water partition coefficient (Wildman–Crippen LogP) is 2.59. The average molecular weight is 276 g/mol. The molecule has 6 heteroatoms. The molecule has 0 saturated carbocycles. The molecular formula is C13H12N2O3S. The lowest BCUT2D eigenvalue weighted by molar-refractivity contribution is 0.194. The van der Waals surface area contributed by atoms with Gasteiger partial charge in [0.15, 0.2) is 0 Å². The maximum Gasteiger partial charge on any atom is 0.404 e. The largest absolute Gasteiger partial charge is 0.495 e. The standard InChI is InChI=1S/C13H12N2O3S/c1-18-10-4-2-3-9-8(5-6-15-13(16)17)11(7-14)19-12(9)10/h2-4,15H,5-6H2,1H3,(H,16,17). The fraction of sp³-hybridized carbons (Fsp3) is 0.231. The second-order valence-electron chi connectivity index (χ2n) is 3.84. The molecule has 2 rings (SSSR count). The van der Waals surface area contributed by atoms with Crippen LogP contribution >= 0.6 is 11.3 Å². The van der Waals surface area contributed by atoms with E-state index in [1.807, 2.05) is 18.2 Å². The molecule has 0 atom stereocenters. The van der Waals surface area contributed by atoms with Crippen LogP contribution in [0, 0.1) is 11.3 Å². The number of nitrogens with one attached hydrogen (secondary N) is 1. The Labute approximate surface area is 114 Å². The fourth-order valence-electron chi connectivity index (χ4n) is 1.94. The van der Waals surface area contributed by atoms with Gasteiger partial charge in [0.05, 0.1) is 11.8 Å². The van der Waals surface area contributed by atoms with E-state index in [1.165, 1.54) is 11.3 Å². The Hall–Kier alpha value is -2.26. The molecule has 0 radical (unpaired) electrons. The summed E-state index contributed by atoms with van der Waals surface area (Å²) in [6.07, 6.45) is -0.571. The number of carboxylic acid groups (broad SMARTS) is 1. The molecule has 0 aliphatic heterocycles. The van der Waals surface area contributed by atoms with E-state index < -0.39 is 6.09 Å². The van der Waals surface area contributed by atoms with Crippen LogP contribution in [0.3, 0.4) is 0 Å². The van der Waals surface area contributed by atoms with Gasteiger partial charge in [-0.05, 0) is 18.1 Å². The van der Waals surface area contributed by atoms with Crippen molar-refractivity contribution in [3.63, 3.8) is 0 Å². The van der Waals surface area contributed by atoms with Crippen molar-refractivity contribution in [2.75, 3.05) is 13.7 Å². The van der Waals surface area contributed by atoms with Crippen LogP contribution in [0.2, 0.25) is 0 Å². The van der Waals surface area contributed by atoms with Gasteiger partial charge in [0.2, 0.25) is 0 Å². The Bertz CT molecular complexity index is 658. The molecule has 98 valence electrons. The molecule has 0 spiro atoms. The van der Waals surface area contributed by atoms with Crippen molar-refractivity contribution in [2.45, 2.75) is 6.42 Å². The fourth-order valence-corrected chi connectivity index (χ4v) is 3.08. The van der Waals surface area contributed by atoms with Crippen LogP contribution in [0.5, 0.6) is 5.75 Å². The van der Waals surface area contributed by atoms with Gasteiger partial charge in [-0.3, -0.25) is 0 Å². The number of nitrogens with zero attached hydrogens (tertiary/aromatic N) is 1. The lowest BCUT2D eigenvalue weighted by Gasteiger charge is -2.03. The normalized spacial score (nSPS) is 10.1. The first kappa shape index (κ1) is 13.2. The Morgan fingerprint density at radius 1 is 1.58 bits per heavy atom. The lowest BCUT2D eigenvalue weighted by atomic mass is 10.1. The number of nitriles is 1. The van der Waals surface area contributed by atoms with Crippen LogP contribution in [-0.2, 0) is 6.42 Å². The summed E-state index contributed by atoms with van der Waals surface area (Å²) in [5, 5.41) is 21.0. The Morgan fingerprint density at radius 2 is 2.37 bits per heavy atom. The van der Waals surface area contributed by atoms with Gasteiger partial charge >= 0.3 is 6.09 Å². The molecule has 0 unspecified atom stereocenters. The van der Waals surface area contributed by atoms with Gasteiger partial charge < -0.3 is 15.2 Å². The number of ether oxygens (including phenoxy) is 1. The molecule has 19 heavy (non-hydrogen) atoms. The second kappa shape index (κ2) is 5.59. The number of rotatable bonds is 4. The van der Waals surface area contributed by atoms with E-state index in [4.69, 9.17) is 9.84 Å². The zero-order valence-electron chi connectivity index (χ0n) is 10.3. The van der Waals surface area contributed by atoms with E-state index in [0.717, 1.165) is 21.4 Å². The quantitative estimate of drug-likeness (QED) is 0.899. The Balaban J connectivity index is 2.41. The molecule has 2 N–H and O–H groups in total. The van der Waals surface area contributed by atoms with Gasteiger partial charge in [-0.15, -0.1) is 11.3 Å². The van der Waals surface area contributed by atoms with Gasteiger partial charge in [-0.1, -0.05) is 12.1 Å². The van der Waals surface area contributed by atoms with Crippen molar-refractivity contribution < 1.29 is 14.6 Å². The first-order chi connectivity index (χ1) is 9.17. The topological polar surface area (TPSA) is 82.3 Å². The van der Waals surface area contributed by atoms with E-state index in [-0.39, 0.29) is 6.54 Å². The van der Waals surface area contributed by atoms with Gasteiger partial charge in [-0.25, -0.2) is 4.79 Å². The third-order valence-corrected chi connectivity index (χ3v) is 3.92. The molecule has 0 saturated heterocycles. The Kier molecular flexibility index (Phi) is 3.88. The molecule has 2 aromatic rings. The van der Waals surface area contributed by atoms with Crippen molar-refractivity contribution in [3.05, 3.63) is 28.6 Å². The summed E-state index contributed by atoms with van der Waals surface area (Å²) in [7, 11) is 1.59.